The zero-order valence-electron chi connectivity index (χ0n) is 12.6. The third kappa shape index (κ3) is 8.33. The number of aliphatic hydroxyl groups excluding tert-OH is 5. The van der Waals surface area contributed by atoms with Gasteiger partial charge in [0.1, 0.15) is 18.3 Å². The van der Waals surface area contributed by atoms with Gasteiger partial charge in [0.15, 0.2) is 6.10 Å². The van der Waals surface area contributed by atoms with Gasteiger partial charge < -0.3 is 30.8 Å². The van der Waals surface area contributed by atoms with Crippen molar-refractivity contribution in [2.45, 2.75) is 69.9 Å². The molecule has 0 saturated carbocycles. The summed E-state index contributed by atoms with van der Waals surface area (Å²) in [6.07, 6.45) is -0.715. The summed E-state index contributed by atoms with van der Waals surface area (Å²) in [5.41, 5.74) is 0. The highest BCUT2D eigenvalue weighted by atomic mass is 16.4. The highest BCUT2D eigenvalue weighted by molar-refractivity contribution is 5.81. The Kier molecular flexibility index (Phi) is 11.5. The maximum Gasteiger partial charge on any atom is 0.251 e. The highest BCUT2D eigenvalue weighted by Crippen LogP contribution is 2.06. The Hall–Kier alpha value is -0.730. The molecule has 0 aromatic carbocycles. The molecule has 4 atom stereocenters. The smallest absolute Gasteiger partial charge is 0.251 e. The van der Waals surface area contributed by atoms with Crippen LogP contribution in [0.1, 0.15) is 45.4 Å². The van der Waals surface area contributed by atoms with Crippen LogP contribution in [0.3, 0.4) is 0 Å². The van der Waals surface area contributed by atoms with E-state index in [1.54, 1.807) is 0 Å². The van der Waals surface area contributed by atoms with Crippen molar-refractivity contribution in [2.75, 3.05) is 13.2 Å². The van der Waals surface area contributed by atoms with Crippen molar-refractivity contribution >= 4 is 5.91 Å². The second kappa shape index (κ2) is 11.9. The summed E-state index contributed by atoms with van der Waals surface area (Å²) < 4.78 is 0. The minimum atomic E-state index is -1.85. The number of aliphatic hydroxyl groups is 5. The zero-order chi connectivity index (χ0) is 16.3. The van der Waals surface area contributed by atoms with E-state index in [4.69, 9.17) is 10.2 Å². The molecule has 7 nitrogen and oxygen atoms in total. The van der Waals surface area contributed by atoms with Gasteiger partial charge in [-0.25, -0.2) is 0 Å². The van der Waals surface area contributed by atoms with E-state index < -0.39 is 36.9 Å². The lowest BCUT2D eigenvalue weighted by Gasteiger charge is -2.24. The molecular weight excluding hydrogens is 278 g/mol. The van der Waals surface area contributed by atoms with Crippen molar-refractivity contribution < 1.29 is 30.3 Å². The lowest BCUT2D eigenvalue weighted by Crippen LogP contribution is -2.51. The van der Waals surface area contributed by atoms with Crippen LogP contribution in [0, 0.1) is 0 Å². The molecule has 0 aromatic heterocycles. The molecule has 126 valence electrons. The Balaban J connectivity index is 3.89. The molecule has 21 heavy (non-hydrogen) atoms. The molecule has 0 rings (SSSR count). The second-order valence-electron chi connectivity index (χ2n) is 5.23. The Morgan fingerprint density at radius 2 is 1.52 bits per heavy atom. The van der Waals surface area contributed by atoms with E-state index >= 15 is 0 Å². The van der Waals surface area contributed by atoms with Crippen LogP contribution in [0.5, 0.6) is 0 Å². The predicted molar refractivity (Wildman–Crippen MR) is 77.5 cm³/mol. The van der Waals surface area contributed by atoms with Crippen molar-refractivity contribution in [3.05, 3.63) is 0 Å². The average molecular weight is 307 g/mol. The van der Waals surface area contributed by atoms with Crippen molar-refractivity contribution in [1.82, 2.24) is 5.32 Å². The Morgan fingerprint density at radius 3 is 2.10 bits per heavy atom. The van der Waals surface area contributed by atoms with E-state index in [1.165, 1.54) is 12.8 Å². The van der Waals surface area contributed by atoms with E-state index in [0.717, 1.165) is 25.7 Å². The first-order valence-corrected chi connectivity index (χ1v) is 7.56. The van der Waals surface area contributed by atoms with Gasteiger partial charge in [0.05, 0.1) is 6.61 Å². The summed E-state index contributed by atoms with van der Waals surface area (Å²) in [5, 5.41) is 48.7. The minimum absolute atomic E-state index is 0.382. The number of hydrogen-bond acceptors (Lipinski definition) is 6. The van der Waals surface area contributed by atoms with Crippen molar-refractivity contribution in [3.8, 4) is 0 Å². The molecule has 0 spiro atoms. The number of unbranched alkanes of at least 4 members (excludes halogenated alkanes) is 5. The molecule has 7 heteroatoms. The number of nitrogens with one attached hydrogen (secondary N) is 1. The SMILES string of the molecule is CCCCCCCCNC(=O)[C@H](O)[C@@H](O)[C@H](O)[C@H](O)CO. The molecule has 0 aromatic rings. The maximum absolute atomic E-state index is 11.6. The fourth-order valence-electron chi connectivity index (χ4n) is 1.90. The summed E-state index contributed by atoms with van der Waals surface area (Å²) in [6, 6.07) is 0. The van der Waals surface area contributed by atoms with Crippen LogP contribution in [0.4, 0.5) is 0 Å². The first-order chi connectivity index (χ1) is 9.95. The van der Waals surface area contributed by atoms with E-state index in [0.29, 0.717) is 6.54 Å². The molecule has 0 fully saturated rings. The van der Waals surface area contributed by atoms with Crippen LogP contribution in [-0.2, 0) is 4.79 Å². The predicted octanol–water partition coefficient (Wildman–Crippen LogP) is -1.10. The molecule has 6 N–H and O–H groups in total. The molecular formula is C14H29NO6. The molecule has 0 heterocycles. The van der Waals surface area contributed by atoms with Gasteiger partial charge in [-0.15, -0.1) is 0 Å². The summed E-state index contributed by atoms with van der Waals surface area (Å²) in [4.78, 5) is 11.6. The standard InChI is InChI=1S/C14H29NO6/c1-2-3-4-5-6-7-8-15-14(21)13(20)12(19)11(18)10(17)9-16/h10-13,16-20H,2-9H2,1H3,(H,15,21)/t10-,11-,12+,13-/m1/s1. The quantitative estimate of drug-likeness (QED) is 0.254. The molecule has 1 amide bonds. The molecule has 0 saturated heterocycles. The fourth-order valence-corrected chi connectivity index (χ4v) is 1.90. The minimum Gasteiger partial charge on any atom is -0.394 e. The fraction of sp³-hybridized carbons (Fsp3) is 0.929. The Labute approximate surface area is 125 Å². The third-order valence-electron chi connectivity index (χ3n) is 3.35. The van der Waals surface area contributed by atoms with Gasteiger partial charge in [0.25, 0.3) is 5.91 Å². The van der Waals surface area contributed by atoms with E-state index in [-0.39, 0.29) is 0 Å². The van der Waals surface area contributed by atoms with Crippen molar-refractivity contribution in [2.24, 2.45) is 0 Å². The molecule has 0 aliphatic rings. The summed E-state index contributed by atoms with van der Waals surface area (Å²) in [6.45, 7) is 1.74. The van der Waals surface area contributed by atoms with Crippen LogP contribution < -0.4 is 5.32 Å². The number of rotatable bonds is 12. The Bertz CT molecular complexity index is 276. The van der Waals surface area contributed by atoms with Gasteiger partial charge in [-0.3, -0.25) is 4.79 Å². The average Bonchev–Trinajstić information content (AvgIpc) is 2.50. The highest BCUT2D eigenvalue weighted by Gasteiger charge is 2.33. The number of carbonyl (C=O) groups is 1. The molecule has 0 bridgehead atoms. The van der Waals surface area contributed by atoms with E-state index in [9.17, 15) is 20.1 Å². The normalized spacial score (nSPS) is 17.0. The van der Waals surface area contributed by atoms with Crippen LogP contribution in [0.2, 0.25) is 0 Å². The zero-order valence-corrected chi connectivity index (χ0v) is 12.6. The van der Waals surface area contributed by atoms with Crippen molar-refractivity contribution in [1.29, 1.82) is 0 Å². The lowest BCUT2D eigenvalue weighted by atomic mass is 10.0. The van der Waals surface area contributed by atoms with Gasteiger partial charge >= 0.3 is 0 Å². The van der Waals surface area contributed by atoms with Crippen LogP contribution in [0.15, 0.2) is 0 Å². The summed E-state index contributed by atoms with van der Waals surface area (Å²) >= 11 is 0. The Morgan fingerprint density at radius 1 is 0.952 bits per heavy atom. The molecule has 0 aliphatic carbocycles. The topological polar surface area (TPSA) is 130 Å². The summed E-state index contributed by atoms with van der Waals surface area (Å²) in [5.74, 6) is -0.805. The van der Waals surface area contributed by atoms with Crippen LogP contribution in [-0.4, -0.2) is 69.0 Å². The van der Waals surface area contributed by atoms with Gasteiger partial charge in [0, 0.05) is 6.54 Å². The van der Waals surface area contributed by atoms with Crippen LogP contribution in [0.25, 0.3) is 0 Å². The number of carbonyl (C=O) groups excluding carboxylic acids is 1. The van der Waals surface area contributed by atoms with E-state index in [2.05, 4.69) is 12.2 Å². The van der Waals surface area contributed by atoms with Gasteiger partial charge in [-0.1, -0.05) is 39.0 Å². The van der Waals surface area contributed by atoms with Crippen LogP contribution >= 0.6 is 0 Å². The molecule has 0 unspecified atom stereocenters. The monoisotopic (exact) mass is 307 g/mol. The first-order valence-electron chi connectivity index (χ1n) is 7.56. The van der Waals surface area contributed by atoms with Gasteiger partial charge in [-0.05, 0) is 6.42 Å². The lowest BCUT2D eigenvalue weighted by molar-refractivity contribution is -0.148. The number of amides is 1. The second-order valence-corrected chi connectivity index (χ2v) is 5.23. The van der Waals surface area contributed by atoms with Gasteiger partial charge in [0.2, 0.25) is 0 Å². The van der Waals surface area contributed by atoms with Gasteiger partial charge in [-0.2, -0.15) is 0 Å². The van der Waals surface area contributed by atoms with Crippen molar-refractivity contribution in [3.63, 3.8) is 0 Å². The summed E-state index contributed by atoms with van der Waals surface area (Å²) in [7, 11) is 0. The molecule has 0 aliphatic heterocycles. The first kappa shape index (κ1) is 20.3. The largest absolute Gasteiger partial charge is 0.394 e. The molecule has 0 radical (unpaired) electrons. The number of hydrogen-bond donors (Lipinski definition) is 6. The maximum atomic E-state index is 11.6. The van der Waals surface area contributed by atoms with E-state index in [1.807, 2.05) is 0 Å². The third-order valence-corrected chi connectivity index (χ3v) is 3.35.